The minimum Gasteiger partial charge on any atom is -0.378 e. The van der Waals surface area contributed by atoms with Gasteiger partial charge < -0.3 is 16.2 Å². The molecule has 0 aliphatic heterocycles. The Morgan fingerprint density at radius 2 is 1.70 bits per heavy atom. The number of nitrogens with two attached hydrogens (primary N) is 1. The minimum atomic E-state index is -4.45. The second-order valence-electron chi connectivity index (χ2n) is 9.13. The number of hydrogen-bond donors (Lipinski definition) is 3. The monoisotopic (exact) mass is 560 g/mol. The van der Waals surface area contributed by atoms with Crippen molar-refractivity contribution in [3.63, 3.8) is 0 Å². The molecule has 0 aliphatic rings. The molecule has 3 aromatic heterocycles. The molecule has 0 aliphatic carbocycles. The van der Waals surface area contributed by atoms with E-state index in [0.717, 1.165) is 6.07 Å². The van der Waals surface area contributed by atoms with Crippen LogP contribution in [0.15, 0.2) is 48.7 Å². The molecule has 4 rings (SSSR count). The highest BCUT2D eigenvalue weighted by Gasteiger charge is 2.28. The predicted octanol–water partition coefficient (Wildman–Crippen LogP) is 5.43. The molecule has 0 saturated heterocycles. The SMILES string of the molecule is CC.CC(C)(O)C#Cc1ccc(-c2cccn3c(NCC(F)(F)F)nnc23)c(C(N)Cc2cc(F)cc(F)c2)n1. The van der Waals surface area contributed by atoms with Crippen LogP contribution < -0.4 is 11.1 Å². The Kier molecular flexibility index (Phi) is 9.44. The van der Waals surface area contributed by atoms with Gasteiger partial charge in [-0.25, -0.2) is 13.8 Å². The maximum absolute atomic E-state index is 13.8. The van der Waals surface area contributed by atoms with Crippen molar-refractivity contribution in [3.05, 3.63) is 77.2 Å². The zero-order valence-corrected chi connectivity index (χ0v) is 22.3. The lowest BCUT2D eigenvalue weighted by atomic mass is 9.96. The summed E-state index contributed by atoms with van der Waals surface area (Å²) in [6.07, 6.45) is -2.93. The van der Waals surface area contributed by atoms with Crippen LogP contribution in [0.3, 0.4) is 0 Å². The van der Waals surface area contributed by atoms with Gasteiger partial charge in [0.05, 0.1) is 11.7 Å². The standard InChI is InChI=1S/C26H23F5N6O.C2H6/c1-25(2,38)8-7-18-5-6-19(22(34-18)21(32)12-15-10-16(27)13-17(28)11-15)20-4-3-9-37-23(20)35-36-24(37)33-14-26(29,30)31;1-2/h3-6,9-11,13,21,38H,12,14,32H2,1-2H3,(H,33,36);1-2H3. The highest BCUT2D eigenvalue weighted by Crippen LogP contribution is 2.31. The van der Waals surface area contributed by atoms with Crippen molar-refractivity contribution < 1.29 is 27.1 Å². The van der Waals surface area contributed by atoms with E-state index in [4.69, 9.17) is 5.73 Å². The van der Waals surface area contributed by atoms with E-state index in [1.807, 2.05) is 13.8 Å². The summed E-state index contributed by atoms with van der Waals surface area (Å²) in [6, 6.07) is 8.75. The largest absolute Gasteiger partial charge is 0.405 e. The Bertz CT molecular complexity index is 1510. The number of halogens is 5. The quantitative estimate of drug-likeness (QED) is 0.215. The van der Waals surface area contributed by atoms with E-state index >= 15 is 0 Å². The van der Waals surface area contributed by atoms with Crippen molar-refractivity contribution in [2.24, 2.45) is 5.73 Å². The Hall–Kier alpha value is -4.08. The Labute approximate surface area is 228 Å². The third kappa shape index (κ3) is 7.97. The van der Waals surface area contributed by atoms with Crippen LogP contribution in [0.1, 0.15) is 50.7 Å². The van der Waals surface area contributed by atoms with Crippen molar-refractivity contribution in [2.75, 3.05) is 11.9 Å². The molecule has 1 aromatic carbocycles. The molecule has 212 valence electrons. The molecule has 3 heterocycles. The average Bonchev–Trinajstić information content (AvgIpc) is 3.29. The molecule has 0 saturated carbocycles. The predicted molar refractivity (Wildman–Crippen MR) is 142 cm³/mol. The number of aromatic nitrogens is 4. The van der Waals surface area contributed by atoms with Crippen LogP contribution in [0.4, 0.5) is 27.9 Å². The van der Waals surface area contributed by atoms with Gasteiger partial charge in [0.25, 0.3) is 0 Å². The highest BCUT2D eigenvalue weighted by atomic mass is 19.4. The number of rotatable bonds is 6. The van der Waals surface area contributed by atoms with Crippen LogP contribution >= 0.6 is 0 Å². The Morgan fingerprint density at radius 1 is 1.02 bits per heavy atom. The third-order valence-corrected chi connectivity index (χ3v) is 5.32. The van der Waals surface area contributed by atoms with Gasteiger partial charge in [0, 0.05) is 23.4 Å². The van der Waals surface area contributed by atoms with E-state index in [1.54, 1.807) is 24.3 Å². The van der Waals surface area contributed by atoms with Crippen LogP contribution in [0.25, 0.3) is 16.8 Å². The first-order valence-electron chi connectivity index (χ1n) is 12.4. The van der Waals surface area contributed by atoms with Gasteiger partial charge in [-0.1, -0.05) is 19.8 Å². The number of nitrogens with one attached hydrogen (secondary N) is 1. The summed E-state index contributed by atoms with van der Waals surface area (Å²) < 4.78 is 67.1. The van der Waals surface area contributed by atoms with Crippen LogP contribution in [-0.4, -0.2) is 43.0 Å². The van der Waals surface area contributed by atoms with Crippen LogP contribution in [0.2, 0.25) is 0 Å². The van der Waals surface area contributed by atoms with E-state index in [9.17, 15) is 27.1 Å². The lowest BCUT2D eigenvalue weighted by Crippen LogP contribution is -2.22. The summed E-state index contributed by atoms with van der Waals surface area (Å²) in [4.78, 5) is 4.56. The molecule has 12 heteroatoms. The summed E-state index contributed by atoms with van der Waals surface area (Å²) in [5, 5.41) is 20.1. The van der Waals surface area contributed by atoms with Crippen molar-refractivity contribution in [3.8, 4) is 23.0 Å². The summed E-state index contributed by atoms with van der Waals surface area (Å²) in [6.45, 7) is 5.72. The number of benzene rings is 1. The van der Waals surface area contributed by atoms with Gasteiger partial charge in [0.1, 0.15) is 29.5 Å². The molecular weight excluding hydrogens is 531 g/mol. The normalized spacial score (nSPS) is 12.3. The lowest BCUT2D eigenvalue weighted by Gasteiger charge is -2.17. The van der Waals surface area contributed by atoms with Gasteiger partial charge in [0.2, 0.25) is 5.95 Å². The molecule has 40 heavy (non-hydrogen) atoms. The number of alkyl halides is 3. The summed E-state index contributed by atoms with van der Waals surface area (Å²) in [5.74, 6) is 3.82. The number of nitrogens with zero attached hydrogens (tertiary/aromatic N) is 4. The summed E-state index contributed by atoms with van der Waals surface area (Å²) >= 11 is 0. The van der Waals surface area contributed by atoms with E-state index in [-0.39, 0.29) is 23.7 Å². The summed E-state index contributed by atoms with van der Waals surface area (Å²) in [7, 11) is 0. The van der Waals surface area contributed by atoms with Gasteiger partial charge in [-0.15, -0.1) is 10.2 Å². The molecule has 4 N–H and O–H groups in total. The van der Waals surface area contributed by atoms with E-state index in [1.165, 1.54) is 36.6 Å². The number of aliphatic hydroxyl groups is 1. The molecular formula is C28H29F5N6O. The van der Waals surface area contributed by atoms with Crippen LogP contribution in [-0.2, 0) is 6.42 Å². The molecule has 0 fully saturated rings. The van der Waals surface area contributed by atoms with Crippen LogP contribution in [0, 0.1) is 23.5 Å². The fourth-order valence-corrected chi connectivity index (χ4v) is 3.78. The van der Waals surface area contributed by atoms with Gasteiger partial charge in [0.15, 0.2) is 5.65 Å². The Morgan fingerprint density at radius 3 is 2.33 bits per heavy atom. The number of hydrogen-bond acceptors (Lipinski definition) is 6. The number of anilines is 1. The second kappa shape index (κ2) is 12.4. The summed E-state index contributed by atoms with van der Waals surface area (Å²) in [5.41, 5.74) is 7.26. The van der Waals surface area contributed by atoms with Gasteiger partial charge in [-0.2, -0.15) is 13.2 Å². The average molecular weight is 561 g/mol. The Balaban J connectivity index is 0.00000216. The number of pyridine rings is 2. The minimum absolute atomic E-state index is 0.0191. The van der Waals surface area contributed by atoms with Crippen LogP contribution in [0.5, 0.6) is 0 Å². The van der Waals surface area contributed by atoms with Crippen molar-refractivity contribution in [1.82, 2.24) is 19.6 Å². The van der Waals surface area contributed by atoms with Crippen molar-refractivity contribution in [2.45, 2.75) is 51.9 Å². The van der Waals surface area contributed by atoms with Gasteiger partial charge in [-0.05, 0) is 68.2 Å². The molecule has 0 radical (unpaired) electrons. The molecule has 0 amide bonds. The first-order chi connectivity index (χ1) is 18.8. The van der Waals surface area contributed by atoms with E-state index in [2.05, 4.69) is 32.3 Å². The lowest BCUT2D eigenvalue weighted by molar-refractivity contribution is -0.115. The maximum atomic E-state index is 13.8. The second-order valence-corrected chi connectivity index (χ2v) is 9.13. The van der Waals surface area contributed by atoms with Crippen molar-refractivity contribution >= 4 is 11.6 Å². The topological polar surface area (TPSA) is 101 Å². The highest BCUT2D eigenvalue weighted by molar-refractivity contribution is 5.80. The smallest absolute Gasteiger partial charge is 0.378 e. The molecule has 1 atom stereocenters. The molecule has 0 spiro atoms. The third-order valence-electron chi connectivity index (χ3n) is 5.32. The molecule has 1 unspecified atom stereocenters. The zero-order chi connectivity index (χ0) is 29.7. The van der Waals surface area contributed by atoms with Gasteiger partial charge >= 0.3 is 6.18 Å². The molecule has 0 bridgehead atoms. The van der Waals surface area contributed by atoms with E-state index in [0.29, 0.717) is 22.4 Å². The van der Waals surface area contributed by atoms with Crippen molar-refractivity contribution in [1.29, 1.82) is 0 Å². The number of fused-ring (bicyclic) bond motifs is 1. The molecule has 4 aromatic rings. The fourth-order valence-electron chi connectivity index (χ4n) is 3.78. The first kappa shape index (κ1) is 30.5. The van der Waals surface area contributed by atoms with E-state index < -0.39 is 36.0 Å². The zero-order valence-electron chi connectivity index (χ0n) is 22.3. The fraction of sp³-hybridized carbons (Fsp3) is 0.321. The maximum Gasteiger partial charge on any atom is 0.405 e. The van der Waals surface area contributed by atoms with Gasteiger partial charge in [-0.3, -0.25) is 4.40 Å². The molecule has 7 nitrogen and oxygen atoms in total. The first-order valence-corrected chi connectivity index (χ1v) is 12.4.